The fourth-order valence-corrected chi connectivity index (χ4v) is 2.37. The van der Waals surface area contributed by atoms with Crippen molar-refractivity contribution in [2.75, 3.05) is 13.2 Å². The standard InChI is InChI=1S/C12H23N5O/c1-4-7-13-9(2)12-14-15-16-17(12)10(3)11-6-5-8-18-11/h9-11,13H,4-8H2,1-3H3. The van der Waals surface area contributed by atoms with Crippen molar-refractivity contribution in [2.45, 2.75) is 58.2 Å². The van der Waals surface area contributed by atoms with Gasteiger partial charge in [-0.15, -0.1) is 5.10 Å². The van der Waals surface area contributed by atoms with Crippen LogP contribution in [0.5, 0.6) is 0 Å². The van der Waals surface area contributed by atoms with E-state index in [1.165, 1.54) is 0 Å². The molecule has 2 heterocycles. The van der Waals surface area contributed by atoms with Gasteiger partial charge >= 0.3 is 0 Å². The minimum atomic E-state index is 0.170. The molecule has 3 unspecified atom stereocenters. The van der Waals surface area contributed by atoms with E-state index < -0.39 is 0 Å². The van der Waals surface area contributed by atoms with Gasteiger partial charge in [-0.3, -0.25) is 0 Å². The lowest BCUT2D eigenvalue weighted by Gasteiger charge is -2.21. The van der Waals surface area contributed by atoms with Gasteiger partial charge in [0.05, 0.1) is 18.2 Å². The molecular weight excluding hydrogens is 230 g/mol. The van der Waals surface area contributed by atoms with Crippen molar-refractivity contribution < 1.29 is 4.74 Å². The van der Waals surface area contributed by atoms with E-state index in [1.54, 1.807) is 0 Å². The van der Waals surface area contributed by atoms with Crippen LogP contribution < -0.4 is 5.32 Å². The molecule has 1 aliphatic heterocycles. The number of tetrazole rings is 1. The summed E-state index contributed by atoms with van der Waals surface area (Å²) in [5, 5.41) is 15.5. The first-order chi connectivity index (χ1) is 8.74. The summed E-state index contributed by atoms with van der Waals surface area (Å²) in [4.78, 5) is 0. The highest BCUT2D eigenvalue weighted by Gasteiger charge is 2.27. The van der Waals surface area contributed by atoms with Gasteiger partial charge in [0.25, 0.3) is 0 Å². The van der Waals surface area contributed by atoms with Gasteiger partial charge in [-0.25, -0.2) is 4.68 Å². The van der Waals surface area contributed by atoms with Gasteiger partial charge in [-0.2, -0.15) is 0 Å². The van der Waals surface area contributed by atoms with Crippen molar-refractivity contribution in [3.05, 3.63) is 5.82 Å². The molecule has 0 saturated carbocycles. The monoisotopic (exact) mass is 253 g/mol. The molecule has 0 aliphatic carbocycles. The Morgan fingerprint density at radius 3 is 3.00 bits per heavy atom. The Hall–Kier alpha value is -1.01. The molecule has 0 aromatic carbocycles. The van der Waals surface area contributed by atoms with Gasteiger partial charge in [-0.05, 0) is 50.1 Å². The van der Waals surface area contributed by atoms with Crippen LogP contribution in [0.25, 0.3) is 0 Å². The van der Waals surface area contributed by atoms with Crippen LogP contribution in [-0.2, 0) is 4.74 Å². The zero-order chi connectivity index (χ0) is 13.0. The third kappa shape index (κ3) is 2.87. The maximum Gasteiger partial charge on any atom is 0.168 e. The summed E-state index contributed by atoms with van der Waals surface area (Å²) >= 11 is 0. The predicted molar refractivity (Wildman–Crippen MR) is 68.2 cm³/mol. The lowest BCUT2D eigenvalue weighted by Crippen LogP contribution is -2.28. The Bertz CT molecular complexity index is 361. The van der Waals surface area contributed by atoms with Crippen LogP contribution >= 0.6 is 0 Å². The molecule has 1 N–H and O–H groups in total. The zero-order valence-corrected chi connectivity index (χ0v) is 11.5. The second-order valence-electron chi connectivity index (χ2n) is 4.95. The quantitative estimate of drug-likeness (QED) is 0.831. The summed E-state index contributed by atoms with van der Waals surface area (Å²) in [7, 11) is 0. The normalized spacial score (nSPS) is 23.2. The average Bonchev–Trinajstić information content (AvgIpc) is 3.04. The van der Waals surface area contributed by atoms with Crippen molar-refractivity contribution in [1.82, 2.24) is 25.5 Å². The van der Waals surface area contributed by atoms with E-state index in [0.717, 1.165) is 38.2 Å². The molecule has 1 saturated heterocycles. The molecule has 1 aromatic rings. The number of nitrogens with one attached hydrogen (secondary N) is 1. The second-order valence-corrected chi connectivity index (χ2v) is 4.95. The Kier molecular flexibility index (Phi) is 4.66. The molecule has 0 bridgehead atoms. The molecule has 18 heavy (non-hydrogen) atoms. The van der Waals surface area contributed by atoms with Gasteiger partial charge in [0, 0.05) is 6.61 Å². The van der Waals surface area contributed by atoms with E-state index >= 15 is 0 Å². The van der Waals surface area contributed by atoms with E-state index in [9.17, 15) is 0 Å². The number of hydrogen-bond acceptors (Lipinski definition) is 5. The van der Waals surface area contributed by atoms with Crippen LogP contribution in [0, 0.1) is 0 Å². The predicted octanol–water partition coefficient (Wildman–Crippen LogP) is 1.47. The number of aromatic nitrogens is 4. The van der Waals surface area contributed by atoms with Crippen LogP contribution in [0.3, 0.4) is 0 Å². The Morgan fingerprint density at radius 1 is 1.50 bits per heavy atom. The van der Waals surface area contributed by atoms with Gasteiger partial charge < -0.3 is 10.1 Å². The maximum atomic E-state index is 5.72. The first-order valence-corrected chi connectivity index (χ1v) is 6.86. The third-order valence-electron chi connectivity index (χ3n) is 3.49. The summed E-state index contributed by atoms with van der Waals surface area (Å²) in [6.45, 7) is 8.21. The molecule has 6 nitrogen and oxygen atoms in total. The number of rotatable bonds is 6. The number of hydrogen-bond donors (Lipinski definition) is 1. The number of ether oxygens (including phenoxy) is 1. The Morgan fingerprint density at radius 2 is 2.33 bits per heavy atom. The summed E-state index contributed by atoms with van der Waals surface area (Å²) in [5.41, 5.74) is 0. The van der Waals surface area contributed by atoms with Crippen molar-refractivity contribution in [3.8, 4) is 0 Å². The van der Waals surface area contributed by atoms with E-state index in [-0.39, 0.29) is 18.2 Å². The molecule has 0 radical (unpaired) electrons. The summed E-state index contributed by atoms with van der Waals surface area (Å²) in [5.74, 6) is 0.895. The largest absolute Gasteiger partial charge is 0.376 e. The highest BCUT2D eigenvalue weighted by Crippen LogP contribution is 2.25. The van der Waals surface area contributed by atoms with Crippen LogP contribution in [0.15, 0.2) is 0 Å². The van der Waals surface area contributed by atoms with Crippen molar-refractivity contribution in [3.63, 3.8) is 0 Å². The highest BCUT2D eigenvalue weighted by molar-refractivity contribution is 4.93. The van der Waals surface area contributed by atoms with Crippen LogP contribution in [-0.4, -0.2) is 39.5 Å². The second kappa shape index (κ2) is 6.24. The van der Waals surface area contributed by atoms with Gasteiger partial charge in [0.15, 0.2) is 5.82 Å². The minimum Gasteiger partial charge on any atom is -0.376 e. The van der Waals surface area contributed by atoms with Crippen LogP contribution in [0.1, 0.15) is 57.9 Å². The SMILES string of the molecule is CCCNC(C)c1nnnn1C(C)C1CCCO1. The molecule has 0 spiro atoms. The van der Waals surface area contributed by atoms with Crippen molar-refractivity contribution >= 4 is 0 Å². The van der Waals surface area contributed by atoms with Crippen molar-refractivity contribution in [1.29, 1.82) is 0 Å². The fourth-order valence-electron chi connectivity index (χ4n) is 2.37. The molecule has 1 fully saturated rings. The first kappa shape index (κ1) is 13.4. The van der Waals surface area contributed by atoms with Gasteiger partial charge in [0.1, 0.15) is 0 Å². The fraction of sp³-hybridized carbons (Fsp3) is 0.917. The molecule has 1 aliphatic rings. The lowest BCUT2D eigenvalue weighted by molar-refractivity contribution is 0.0668. The lowest BCUT2D eigenvalue weighted by atomic mass is 10.1. The third-order valence-corrected chi connectivity index (χ3v) is 3.49. The van der Waals surface area contributed by atoms with Crippen molar-refractivity contribution in [2.24, 2.45) is 0 Å². The Labute approximate surface area is 108 Å². The summed E-state index contributed by atoms with van der Waals surface area (Å²) in [6, 6.07) is 0.368. The molecule has 3 atom stereocenters. The van der Waals surface area contributed by atoms with E-state index in [0.29, 0.717) is 0 Å². The topological polar surface area (TPSA) is 64.9 Å². The van der Waals surface area contributed by atoms with E-state index in [2.05, 4.69) is 41.6 Å². The van der Waals surface area contributed by atoms with E-state index in [1.807, 2.05) is 4.68 Å². The average molecular weight is 253 g/mol. The molecule has 2 rings (SSSR count). The highest BCUT2D eigenvalue weighted by atomic mass is 16.5. The van der Waals surface area contributed by atoms with Crippen LogP contribution in [0.4, 0.5) is 0 Å². The summed E-state index contributed by atoms with van der Waals surface area (Å²) in [6.07, 6.45) is 3.58. The number of nitrogens with zero attached hydrogens (tertiary/aromatic N) is 4. The minimum absolute atomic E-state index is 0.170. The molecule has 102 valence electrons. The molecule has 1 aromatic heterocycles. The molecule has 6 heteroatoms. The maximum absolute atomic E-state index is 5.72. The zero-order valence-electron chi connectivity index (χ0n) is 11.5. The molecular formula is C12H23N5O. The van der Waals surface area contributed by atoms with E-state index in [4.69, 9.17) is 4.74 Å². The van der Waals surface area contributed by atoms with Crippen LogP contribution in [0.2, 0.25) is 0 Å². The smallest absolute Gasteiger partial charge is 0.168 e. The first-order valence-electron chi connectivity index (χ1n) is 6.86. The van der Waals surface area contributed by atoms with Gasteiger partial charge in [0.2, 0.25) is 0 Å². The Balaban J connectivity index is 2.06. The molecule has 0 amide bonds. The van der Waals surface area contributed by atoms with Gasteiger partial charge in [-0.1, -0.05) is 6.92 Å². The summed E-state index contributed by atoms with van der Waals surface area (Å²) < 4.78 is 7.62.